The summed E-state index contributed by atoms with van der Waals surface area (Å²) in [6, 6.07) is 84.6. The van der Waals surface area contributed by atoms with Gasteiger partial charge < -0.3 is 41.0 Å². The summed E-state index contributed by atoms with van der Waals surface area (Å²) >= 11 is 0. The SMILES string of the molecule is C=C(C)C(=O)OCCCCCCCCOc1ccc(C=O)cc1.C=C(C)C(=O)OCCCCCCOc1ccc(C=Cc2ccc(C=Cc3ccc(CCCCCCC)cc3)cc2)cc1.CCCCCCCc1ccc(C=Cc2ccc(C[P+](c3ccccc3)(c3ccccc3)c3ccccc3)cc2)cc1.CC[O-].[Br-].[Na+]. The Labute approximate surface area is 700 Å². The molecule has 0 unspecified atom stereocenters. The van der Waals surface area contributed by atoms with Crippen LogP contribution in [0.25, 0.3) is 36.5 Å². The molecular formula is C100H121BrNaO8P. The van der Waals surface area contributed by atoms with Crippen LogP contribution in [-0.2, 0) is 38.1 Å². The van der Waals surface area contributed by atoms with Gasteiger partial charge in [-0.1, -0.05) is 311 Å². The molecule has 9 rings (SSSR count). The van der Waals surface area contributed by atoms with Crippen molar-refractivity contribution in [1.82, 2.24) is 0 Å². The molecule has 0 fully saturated rings. The van der Waals surface area contributed by atoms with E-state index in [1.54, 1.807) is 32.9 Å². The summed E-state index contributed by atoms with van der Waals surface area (Å²) in [4.78, 5) is 33.0. The second kappa shape index (κ2) is 58.6. The number of hydrogen-bond donors (Lipinski definition) is 0. The van der Waals surface area contributed by atoms with Crippen molar-refractivity contribution in [3.63, 3.8) is 0 Å². The molecule has 0 saturated heterocycles. The molecule has 9 aromatic carbocycles. The normalized spacial score (nSPS) is 10.8. The van der Waals surface area contributed by atoms with Crippen molar-refractivity contribution < 1.29 is 85.0 Å². The quantitative estimate of drug-likeness (QED) is 0.00706. The van der Waals surface area contributed by atoms with Gasteiger partial charge in [0.05, 0.1) is 32.6 Å². The average Bonchev–Trinajstić information content (AvgIpc) is 0.752. The maximum atomic E-state index is 11.3. The third-order valence-electron chi connectivity index (χ3n) is 18.6. The van der Waals surface area contributed by atoms with E-state index in [-0.39, 0.29) is 65.1 Å². The fraction of sp³-hybridized carbons (Fsp3) is 0.330. The number of aryl methyl sites for hydroxylation is 2. The molecule has 0 aromatic heterocycles. The number of rotatable bonds is 44. The molecule has 0 aliphatic rings. The Bertz CT molecular complexity index is 3950. The first-order valence-corrected chi connectivity index (χ1v) is 41.9. The predicted octanol–water partition coefficient (Wildman–Crippen LogP) is 18.2. The summed E-state index contributed by atoms with van der Waals surface area (Å²) in [6.07, 6.45) is 40.9. The summed E-state index contributed by atoms with van der Waals surface area (Å²) in [7, 11) is -1.89. The van der Waals surface area contributed by atoms with Crippen molar-refractivity contribution in [2.75, 3.05) is 33.0 Å². The molecule has 0 amide bonds. The van der Waals surface area contributed by atoms with Crippen molar-refractivity contribution in [2.45, 2.75) is 182 Å². The minimum atomic E-state index is -1.89. The Morgan fingerprint density at radius 1 is 0.342 bits per heavy atom. The van der Waals surface area contributed by atoms with Gasteiger partial charge in [0.15, 0.2) is 0 Å². The van der Waals surface area contributed by atoms with E-state index >= 15 is 0 Å². The van der Waals surface area contributed by atoms with E-state index < -0.39 is 7.26 Å². The molecular weight excluding hydrogens is 1460 g/mol. The molecule has 0 radical (unpaired) electrons. The molecule has 0 N–H and O–H groups in total. The number of hydrogen-bond acceptors (Lipinski definition) is 8. The Morgan fingerprint density at radius 2 is 0.595 bits per heavy atom. The first-order valence-electron chi connectivity index (χ1n) is 40.0. The fourth-order valence-electron chi connectivity index (χ4n) is 12.3. The maximum absolute atomic E-state index is 11.3. The van der Waals surface area contributed by atoms with E-state index in [1.807, 2.05) is 24.3 Å². The Balaban J connectivity index is 0.000000356. The van der Waals surface area contributed by atoms with Gasteiger partial charge in [-0.05, 0) is 201 Å². The molecule has 0 bridgehead atoms. The molecule has 0 aliphatic heterocycles. The largest absolute Gasteiger partial charge is 1.00 e. The first kappa shape index (κ1) is 95.1. The Kier molecular flexibility index (Phi) is 50.2. The molecule has 0 aliphatic carbocycles. The predicted molar refractivity (Wildman–Crippen MR) is 464 cm³/mol. The molecule has 11 heteroatoms. The van der Waals surface area contributed by atoms with Crippen LogP contribution in [-0.4, -0.2) is 51.3 Å². The molecule has 9 aromatic rings. The van der Waals surface area contributed by atoms with E-state index in [4.69, 9.17) is 24.1 Å². The van der Waals surface area contributed by atoms with Crippen molar-refractivity contribution in [2.24, 2.45) is 0 Å². The van der Waals surface area contributed by atoms with E-state index in [2.05, 4.69) is 264 Å². The third-order valence-corrected chi connectivity index (χ3v) is 23.0. The molecule has 0 heterocycles. The van der Waals surface area contributed by atoms with Crippen LogP contribution in [0.4, 0.5) is 0 Å². The molecule has 0 spiro atoms. The number of unbranched alkanes of at least 4 members (excludes halogenated alkanes) is 16. The summed E-state index contributed by atoms with van der Waals surface area (Å²) in [6.45, 7) is 18.9. The van der Waals surface area contributed by atoms with E-state index in [0.717, 1.165) is 93.7 Å². The second-order valence-corrected chi connectivity index (χ2v) is 31.3. The second-order valence-electron chi connectivity index (χ2n) is 27.8. The fourth-order valence-corrected chi connectivity index (χ4v) is 16.5. The van der Waals surface area contributed by atoms with Crippen molar-refractivity contribution in [3.8, 4) is 11.5 Å². The number of esters is 2. The van der Waals surface area contributed by atoms with E-state index in [1.165, 1.54) is 137 Å². The minimum Gasteiger partial charge on any atom is -1.00 e. The van der Waals surface area contributed by atoms with Crippen molar-refractivity contribution in [3.05, 3.63) is 317 Å². The van der Waals surface area contributed by atoms with Crippen LogP contribution >= 0.6 is 7.26 Å². The van der Waals surface area contributed by atoms with Crippen LogP contribution in [0.15, 0.2) is 261 Å². The average molecular weight is 1580 g/mol. The van der Waals surface area contributed by atoms with Gasteiger partial charge in [-0.2, -0.15) is 0 Å². The van der Waals surface area contributed by atoms with Crippen LogP contribution in [0, 0.1) is 0 Å². The molecule has 111 heavy (non-hydrogen) atoms. The summed E-state index contributed by atoms with van der Waals surface area (Å²) < 4.78 is 21.6. The third kappa shape index (κ3) is 38.7. The van der Waals surface area contributed by atoms with Crippen LogP contribution in [0.3, 0.4) is 0 Å². The van der Waals surface area contributed by atoms with E-state index in [9.17, 15) is 14.4 Å². The number of halogens is 1. The Morgan fingerprint density at radius 3 is 0.892 bits per heavy atom. The van der Waals surface area contributed by atoms with Gasteiger partial charge in [-0.15, -0.1) is 6.61 Å². The van der Waals surface area contributed by atoms with Gasteiger partial charge in [-0.3, -0.25) is 4.79 Å². The minimum absolute atomic E-state index is 0. The van der Waals surface area contributed by atoms with Gasteiger partial charge in [0.1, 0.15) is 41.0 Å². The standard InChI is InChI=1S/C40H42P.C39H48O3.C19H26O4.C2H5O.BrH.Na/c1-2-3-4-5-9-16-34-23-25-35(26-24-34)27-28-36-29-31-37(32-30-36)33-41(38-17-10-6-11-18-38,39-19-12-7-13-20-39)40-21-14-8-15-22-40;1-4-5-6-7-10-13-33-14-16-34(17-15-33)18-19-35-20-22-36(23-21-35)24-25-37-26-28-38(29-27-37)41-30-11-8-9-12-31-42-39(40)32(2)3;1-16(2)19(21)23-14-8-6-4-3-5-7-13-22-18-11-9-17(15-20)10-12-18;1-2-3;;/h6-8,10-15,17-32H,2-5,9,16,33H2,1H3;14-29H,2,4-13,30-31H2,1,3H3;9-12,15H,1,3-8,13-14H2,2H3;2H2,1H3;1H;/q+1;;;-1;;+1/p-1. The first-order chi connectivity index (χ1) is 53.3. The topological polar surface area (TPSA) is 111 Å². The van der Waals surface area contributed by atoms with Gasteiger partial charge >= 0.3 is 41.5 Å². The van der Waals surface area contributed by atoms with Gasteiger partial charge in [0.2, 0.25) is 0 Å². The number of ether oxygens (including phenoxy) is 4. The monoisotopic (exact) mass is 1580 g/mol. The number of aldehydes is 1. The van der Waals surface area contributed by atoms with Crippen LogP contribution in [0.2, 0.25) is 0 Å². The molecule has 8 nitrogen and oxygen atoms in total. The summed E-state index contributed by atoms with van der Waals surface area (Å²) in [5, 5.41) is 13.2. The van der Waals surface area contributed by atoms with Gasteiger partial charge in [0, 0.05) is 16.7 Å². The maximum Gasteiger partial charge on any atom is 1.00 e. The number of benzene rings is 9. The van der Waals surface area contributed by atoms with Gasteiger partial charge in [-0.25, -0.2) is 9.59 Å². The number of carbonyl (C=O) groups is 3. The zero-order chi connectivity index (χ0) is 77.6. The summed E-state index contributed by atoms with van der Waals surface area (Å²) in [5.74, 6) is 1.08. The Hall–Kier alpha value is -8.24. The van der Waals surface area contributed by atoms with Crippen LogP contribution in [0.5, 0.6) is 11.5 Å². The molecule has 582 valence electrons. The molecule has 0 atom stereocenters. The van der Waals surface area contributed by atoms with Crippen LogP contribution in [0.1, 0.15) is 223 Å². The zero-order valence-corrected chi connectivity index (χ0v) is 71.8. The van der Waals surface area contributed by atoms with Crippen molar-refractivity contribution >= 4 is 77.9 Å². The number of carbonyl (C=O) groups excluding carboxylic acids is 3. The zero-order valence-electron chi connectivity index (χ0n) is 67.4. The van der Waals surface area contributed by atoms with Gasteiger partial charge in [0.25, 0.3) is 0 Å². The molecule has 0 saturated carbocycles. The smallest absolute Gasteiger partial charge is 1.00 e. The van der Waals surface area contributed by atoms with Crippen molar-refractivity contribution in [1.29, 1.82) is 0 Å². The van der Waals surface area contributed by atoms with Crippen LogP contribution < -0.4 is 77.0 Å². The van der Waals surface area contributed by atoms with E-state index in [0.29, 0.717) is 43.1 Å². The summed E-state index contributed by atoms with van der Waals surface area (Å²) in [5.41, 5.74) is 13.0.